The summed E-state index contributed by atoms with van der Waals surface area (Å²) >= 11 is 1.68. The van der Waals surface area contributed by atoms with E-state index < -0.39 is 9.84 Å². The third-order valence-corrected chi connectivity index (χ3v) is 6.27. The average molecular weight is 302 g/mol. The molecule has 0 saturated carbocycles. The Morgan fingerprint density at radius 3 is 2.35 bits per heavy atom. The summed E-state index contributed by atoms with van der Waals surface area (Å²) in [6.07, 6.45) is 2.97. The van der Waals surface area contributed by atoms with E-state index in [1.165, 1.54) is 0 Å². The van der Waals surface area contributed by atoms with Gasteiger partial charge in [-0.3, -0.25) is 0 Å². The van der Waals surface area contributed by atoms with Crippen LogP contribution in [0.1, 0.15) is 17.2 Å². The number of hydrogen-bond acceptors (Lipinski definition) is 3. The molecule has 102 valence electrons. The molecule has 0 bridgehead atoms. The lowest BCUT2D eigenvalue weighted by atomic mass is 10.1. The first-order valence-electron chi connectivity index (χ1n) is 6.39. The van der Waals surface area contributed by atoms with Crippen LogP contribution in [0.2, 0.25) is 0 Å². The minimum absolute atomic E-state index is 0.199. The van der Waals surface area contributed by atoms with E-state index in [9.17, 15) is 8.42 Å². The number of allylic oxidation sites excluding steroid dienone is 1. The monoisotopic (exact) mass is 302 g/mol. The van der Waals surface area contributed by atoms with Gasteiger partial charge in [-0.05, 0) is 35.6 Å². The smallest absolute Gasteiger partial charge is 0.206 e. The molecule has 0 aliphatic carbocycles. The van der Waals surface area contributed by atoms with Crippen LogP contribution in [-0.4, -0.2) is 8.42 Å². The van der Waals surface area contributed by atoms with Gasteiger partial charge in [0.15, 0.2) is 0 Å². The van der Waals surface area contributed by atoms with Crippen molar-refractivity contribution in [1.29, 1.82) is 0 Å². The SMILES string of the molecule is O=S(=O)(c1ccccc1)c1ccccc1C1CC=CS1. The van der Waals surface area contributed by atoms with Crippen molar-refractivity contribution in [2.45, 2.75) is 21.5 Å². The summed E-state index contributed by atoms with van der Waals surface area (Å²) in [6.45, 7) is 0. The zero-order valence-electron chi connectivity index (χ0n) is 10.8. The molecule has 0 N–H and O–H groups in total. The van der Waals surface area contributed by atoms with Gasteiger partial charge in [0.05, 0.1) is 9.79 Å². The van der Waals surface area contributed by atoms with E-state index in [1.807, 2.05) is 23.6 Å². The second kappa shape index (κ2) is 5.46. The first-order valence-corrected chi connectivity index (χ1v) is 8.82. The largest absolute Gasteiger partial charge is 0.219 e. The van der Waals surface area contributed by atoms with Crippen molar-refractivity contribution < 1.29 is 8.42 Å². The highest BCUT2D eigenvalue weighted by Gasteiger charge is 2.25. The van der Waals surface area contributed by atoms with Crippen LogP contribution < -0.4 is 0 Å². The molecule has 0 saturated heterocycles. The van der Waals surface area contributed by atoms with Gasteiger partial charge in [0.1, 0.15) is 0 Å². The predicted molar refractivity (Wildman–Crippen MR) is 82.4 cm³/mol. The Balaban J connectivity index is 2.11. The first kappa shape index (κ1) is 13.5. The van der Waals surface area contributed by atoms with Crippen molar-refractivity contribution in [3.8, 4) is 0 Å². The van der Waals surface area contributed by atoms with Gasteiger partial charge in [0, 0.05) is 5.25 Å². The molecule has 1 heterocycles. The molecular weight excluding hydrogens is 288 g/mol. The summed E-state index contributed by atoms with van der Waals surface area (Å²) in [4.78, 5) is 0.774. The molecule has 1 unspecified atom stereocenters. The van der Waals surface area contributed by atoms with Crippen molar-refractivity contribution in [1.82, 2.24) is 0 Å². The Bertz CT molecular complexity index is 726. The van der Waals surface area contributed by atoms with Gasteiger partial charge >= 0.3 is 0 Å². The van der Waals surface area contributed by atoms with E-state index in [1.54, 1.807) is 48.2 Å². The topological polar surface area (TPSA) is 34.1 Å². The van der Waals surface area contributed by atoms with Gasteiger partial charge in [0.2, 0.25) is 9.84 Å². The number of hydrogen-bond donors (Lipinski definition) is 0. The zero-order valence-corrected chi connectivity index (χ0v) is 12.4. The molecular formula is C16H14O2S2. The van der Waals surface area contributed by atoms with Crippen LogP contribution in [0.5, 0.6) is 0 Å². The maximum atomic E-state index is 12.8. The summed E-state index contributed by atoms with van der Waals surface area (Å²) in [6, 6.07) is 15.9. The Morgan fingerprint density at radius 1 is 0.950 bits per heavy atom. The van der Waals surface area contributed by atoms with Crippen molar-refractivity contribution in [2.75, 3.05) is 0 Å². The Hall–Kier alpha value is -1.52. The minimum Gasteiger partial charge on any atom is -0.219 e. The Kier molecular flexibility index (Phi) is 3.68. The maximum absolute atomic E-state index is 12.8. The van der Waals surface area contributed by atoms with E-state index in [0.717, 1.165) is 12.0 Å². The lowest BCUT2D eigenvalue weighted by molar-refractivity contribution is 0.594. The molecule has 1 atom stereocenters. The quantitative estimate of drug-likeness (QED) is 0.851. The molecule has 0 amide bonds. The summed E-state index contributed by atoms with van der Waals surface area (Å²) < 4.78 is 25.6. The molecule has 2 aromatic rings. The highest BCUT2D eigenvalue weighted by atomic mass is 32.2. The third kappa shape index (κ3) is 2.41. The fourth-order valence-electron chi connectivity index (χ4n) is 2.30. The Labute approximate surface area is 123 Å². The van der Waals surface area contributed by atoms with Crippen LogP contribution in [0.15, 0.2) is 75.9 Å². The molecule has 1 aliphatic heterocycles. The van der Waals surface area contributed by atoms with Gasteiger partial charge < -0.3 is 0 Å². The third-order valence-electron chi connectivity index (χ3n) is 3.30. The van der Waals surface area contributed by atoms with E-state index >= 15 is 0 Å². The standard InChI is InChI=1S/C16H14O2S2/c17-20(18,13-7-2-1-3-8-13)16-11-5-4-9-14(16)15-10-6-12-19-15/h1-9,11-12,15H,10H2. The van der Waals surface area contributed by atoms with E-state index in [4.69, 9.17) is 0 Å². The summed E-state index contributed by atoms with van der Waals surface area (Å²) in [5.41, 5.74) is 0.895. The molecule has 20 heavy (non-hydrogen) atoms. The number of thioether (sulfide) groups is 1. The zero-order chi connectivity index (χ0) is 14.0. The molecule has 0 fully saturated rings. The van der Waals surface area contributed by atoms with Crippen molar-refractivity contribution in [3.05, 3.63) is 71.6 Å². The summed E-state index contributed by atoms with van der Waals surface area (Å²) in [7, 11) is -3.45. The summed E-state index contributed by atoms with van der Waals surface area (Å²) in [5.74, 6) is 0. The van der Waals surface area contributed by atoms with Crippen molar-refractivity contribution in [2.24, 2.45) is 0 Å². The van der Waals surface area contributed by atoms with Gasteiger partial charge in [-0.2, -0.15) is 0 Å². The van der Waals surface area contributed by atoms with Gasteiger partial charge in [-0.1, -0.05) is 42.5 Å². The van der Waals surface area contributed by atoms with Gasteiger partial charge in [-0.25, -0.2) is 8.42 Å². The second-order valence-electron chi connectivity index (χ2n) is 4.59. The number of benzene rings is 2. The normalized spacial score (nSPS) is 18.3. The van der Waals surface area contributed by atoms with Gasteiger partial charge in [0.25, 0.3) is 0 Å². The molecule has 1 aliphatic rings. The second-order valence-corrected chi connectivity index (χ2v) is 7.62. The van der Waals surface area contributed by atoms with E-state index in [-0.39, 0.29) is 5.25 Å². The van der Waals surface area contributed by atoms with Crippen LogP contribution in [-0.2, 0) is 9.84 Å². The van der Waals surface area contributed by atoms with Crippen molar-refractivity contribution in [3.63, 3.8) is 0 Å². The summed E-state index contributed by atoms with van der Waals surface area (Å²) in [5, 5.41) is 2.24. The van der Waals surface area contributed by atoms with Crippen LogP contribution in [0.3, 0.4) is 0 Å². The molecule has 3 rings (SSSR count). The molecule has 0 aromatic heterocycles. The Morgan fingerprint density at radius 2 is 1.65 bits per heavy atom. The molecule has 4 heteroatoms. The molecule has 2 aromatic carbocycles. The lowest BCUT2D eigenvalue weighted by Crippen LogP contribution is -2.06. The maximum Gasteiger partial charge on any atom is 0.206 e. The van der Waals surface area contributed by atoms with E-state index in [0.29, 0.717) is 9.79 Å². The van der Waals surface area contributed by atoms with Crippen LogP contribution in [0.25, 0.3) is 0 Å². The lowest BCUT2D eigenvalue weighted by Gasteiger charge is -2.15. The van der Waals surface area contributed by atoms with Crippen LogP contribution in [0.4, 0.5) is 0 Å². The molecule has 0 radical (unpaired) electrons. The highest BCUT2D eigenvalue weighted by molar-refractivity contribution is 8.02. The van der Waals surface area contributed by atoms with E-state index in [2.05, 4.69) is 6.08 Å². The van der Waals surface area contributed by atoms with Crippen LogP contribution >= 0.6 is 11.8 Å². The highest BCUT2D eigenvalue weighted by Crippen LogP contribution is 2.41. The fraction of sp³-hybridized carbons (Fsp3) is 0.125. The molecule has 2 nitrogen and oxygen atoms in total. The average Bonchev–Trinajstić information content (AvgIpc) is 3.02. The number of rotatable bonds is 3. The predicted octanol–water partition coefficient (Wildman–Crippen LogP) is 4.21. The van der Waals surface area contributed by atoms with Crippen molar-refractivity contribution >= 4 is 21.6 Å². The molecule has 0 spiro atoms. The number of sulfone groups is 1. The van der Waals surface area contributed by atoms with Gasteiger partial charge in [-0.15, -0.1) is 11.8 Å². The van der Waals surface area contributed by atoms with Crippen LogP contribution in [0, 0.1) is 0 Å². The minimum atomic E-state index is -3.45. The fourth-order valence-corrected chi connectivity index (χ4v) is 4.91. The first-order chi connectivity index (χ1) is 9.69.